The van der Waals surface area contributed by atoms with Gasteiger partial charge in [0, 0.05) is 10.9 Å². The number of alkyl halides is 3. The van der Waals surface area contributed by atoms with Gasteiger partial charge in [0.05, 0.1) is 12.0 Å². The Hall–Kier alpha value is -0.910. The highest BCUT2D eigenvalue weighted by atomic mass is 79.9. The number of Topliss-reactive ketones (excluding diaryl/α,β-unsaturated/α-hetero) is 1. The summed E-state index contributed by atoms with van der Waals surface area (Å²) < 4.78 is 49.1. The summed E-state index contributed by atoms with van der Waals surface area (Å²) in [6, 6.07) is 3.61. The van der Waals surface area contributed by atoms with Gasteiger partial charge in [0.2, 0.25) is 0 Å². The van der Waals surface area contributed by atoms with E-state index >= 15 is 0 Å². The minimum Gasteiger partial charge on any atom is -0.294 e. The second-order valence-corrected chi connectivity index (χ2v) is 4.08. The maximum Gasteiger partial charge on any atom is 0.389 e. The van der Waals surface area contributed by atoms with E-state index in [-0.39, 0.29) is 5.56 Å². The first-order valence-electron chi connectivity index (χ1n) is 4.34. The second-order valence-electron chi connectivity index (χ2n) is 3.16. The number of carbonyl (C=O) groups excluding carboxylic acids is 1. The molecule has 1 nitrogen and oxygen atoms in total. The molecule has 16 heavy (non-hydrogen) atoms. The average molecular weight is 299 g/mol. The van der Waals surface area contributed by atoms with Crippen LogP contribution in [-0.2, 0) is 0 Å². The summed E-state index contributed by atoms with van der Waals surface area (Å²) >= 11 is 2.98. The predicted molar refractivity (Wildman–Crippen MR) is 53.7 cm³/mol. The molecule has 0 saturated heterocycles. The van der Waals surface area contributed by atoms with E-state index in [1.165, 1.54) is 6.07 Å². The van der Waals surface area contributed by atoms with E-state index in [1.54, 1.807) is 0 Å². The van der Waals surface area contributed by atoms with E-state index in [1.807, 2.05) is 0 Å². The lowest BCUT2D eigenvalue weighted by Gasteiger charge is -2.06. The topological polar surface area (TPSA) is 17.1 Å². The van der Waals surface area contributed by atoms with E-state index in [2.05, 4.69) is 15.9 Å². The van der Waals surface area contributed by atoms with E-state index in [9.17, 15) is 22.4 Å². The van der Waals surface area contributed by atoms with Crippen molar-refractivity contribution in [2.75, 3.05) is 0 Å². The molecule has 0 N–H and O–H groups in total. The Morgan fingerprint density at radius 2 is 1.94 bits per heavy atom. The Bertz CT molecular complexity index is 400. The summed E-state index contributed by atoms with van der Waals surface area (Å²) in [6.07, 6.45) is -6.37. The average Bonchev–Trinajstić information content (AvgIpc) is 2.13. The minimum atomic E-state index is -4.40. The third-order valence-electron chi connectivity index (χ3n) is 1.87. The number of ketones is 1. The third kappa shape index (κ3) is 3.92. The monoisotopic (exact) mass is 298 g/mol. The molecule has 0 amide bonds. The van der Waals surface area contributed by atoms with Crippen molar-refractivity contribution < 1.29 is 22.4 Å². The largest absolute Gasteiger partial charge is 0.389 e. The molecule has 0 bridgehead atoms. The number of rotatable bonds is 3. The molecule has 0 spiro atoms. The number of benzene rings is 1. The molecule has 88 valence electrons. The molecule has 0 heterocycles. The smallest absolute Gasteiger partial charge is 0.294 e. The Balaban J connectivity index is 2.74. The molecule has 0 aliphatic rings. The first-order valence-corrected chi connectivity index (χ1v) is 5.14. The van der Waals surface area contributed by atoms with E-state index in [0.29, 0.717) is 4.47 Å². The summed E-state index contributed by atoms with van der Waals surface area (Å²) in [4.78, 5) is 11.3. The molecule has 1 rings (SSSR count). The lowest BCUT2D eigenvalue weighted by Crippen LogP contribution is -2.11. The van der Waals surface area contributed by atoms with Crippen molar-refractivity contribution in [3.8, 4) is 0 Å². The molecule has 0 aliphatic carbocycles. The fourth-order valence-electron chi connectivity index (χ4n) is 1.11. The third-order valence-corrected chi connectivity index (χ3v) is 2.36. The van der Waals surface area contributed by atoms with Crippen LogP contribution >= 0.6 is 15.9 Å². The molecule has 0 unspecified atom stereocenters. The van der Waals surface area contributed by atoms with Gasteiger partial charge >= 0.3 is 6.18 Å². The highest BCUT2D eigenvalue weighted by molar-refractivity contribution is 9.10. The van der Waals surface area contributed by atoms with Gasteiger partial charge in [0.1, 0.15) is 5.82 Å². The lowest BCUT2D eigenvalue weighted by molar-refractivity contribution is -0.133. The number of hydrogen-bond acceptors (Lipinski definition) is 1. The van der Waals surface area contributed by atoms with Gasteiger partial charge in [-0.2, -0.15) is 13.2 Å². The van der Waals surface area contributed by atoms with Gasteiger partial charge < -0.3 is 0 Å². The molecule has 0 saturated carbocycles. The Morgan fingerprint density at radius 1 is 1.31 bits per heavy atom. The summed E-state index contributed by atoms with van der Waals surface area (Å²) in [5, 5.41) is 0. The van der Waals surface area contributed by atoms with Crippen LogP contribution in [0.5, 0.6) is 0 Å². The van der Waals surface area contributed by atoms with E-state index in [4.69, 9.17) is 0 Å². The fourth-order valence-corrected chi connectivity index (χ4v) is 1.44. The van der Waals surface area contributed by atoms with Crippen LogP contribution in [0.4, 0.5) is 17.6 Å². The quantitative estimate of drug-likeness (QED) is 0.606. The van der Waals surface area contributed by atoms with Gasteiger partial charge in [0.15, 0.2) is 5.78 Å². The van der Waals surface area contributed by atoms with Crippen molar-refractivity contribution in [2.24, 2.45) is 0 Å². The van der Waals surface area contributed by atoms with Crippen LogP contribution < -0.4 is 0 Å². The zero-order valence-corrected chi connectivity index (χ0v) is 9.53. The lowest BCUT2D eigenvalue weighted by atomic mass is 10.1. The van der Waals surface area contributed by atoms with Crippen molar-refractivity contribution in [3.05, 3.63) is 34.1 Å². The predicted octanol–water partition coefficient (Wildman–Crippen LogP) is 4.11. The van der Waals surface area contributed by atoms with Crippen LogP contribution in [-0.4, -0.2) is 12.0 Å². The van der Waals surface area contributed by atoms with E-state index in [0.717, 1.165) is 12.1 Å². The second kappa shape index (κ2) is 4.95. The summed E-state index contributed by atoms with van der Waals surface area (Å²) in [5.41, 5.74) is -0.313. The van der Waals surface area contributed by atoms with Crippen LogP contribution in [0.15, 0.2) is 22.7 Å². The zero-order chi connectivity index (χ0) is 12.3. The van der Waals surface area contributed by atoms with Gasteiger partial charge in [-0.15, -0.1) is 0 Å². The highest BCUT2D eigenvalue weighted by Gasteiger charge is 2.28. The van der Waals surface area contributed by atoms with Gasteiger partial charge in [-0.25, -0.2) is 4.39 Å². The van der Waals surface area contributed by atoms with E-state index < -0.39 is 30.6 Å². The van der Waals surface area contributed by atoms with Crippen LogP contribution in [0.1, 0.15) is 23.2 Å². The zero-order valence-electron chi connectivity index (χ0n) is 7.94. The molecular weight excluding hydrogens is 292 g/mol. The molecule has 6 heteroatoms. The molecule has 0 aromatic heterocycles. The van der Waals surface area contributed by atoms with Crippen LogP contribution in [0, 0.1) is 5.82 Å². The normalized spacial score (nSPS) is 11.6. The van der Waals surface area contributed by atoms with Gasteiger partial charge in [-0.1, -0.05) is 15.9 Å². The molecule has 1 aromatic rings. The summed E-state index contributed by atoms with van der Waals surface area (Å²) in [7, 11) is 0. The molecule has 0 radical (unpaired) electrons. The van der Waals surface area contributed by atoms with Crippen molar-refractivity contribution >= 4 is 21.7 Å². The molecular formula is C10H7BrF4O. The van der Waals surface area contributed by atoms with Gasteiger partial charge in [-0.3, -0.25) is 4.79 Å². The Morgan fingerprint density at radius 3 is 2.44 bits per heavy atom. The maximum atomic E-state index is 13.2. The summed E-state index contributed by atoms with van der Waals surface area (Å²) in [6.45, 7) is 0. The van der Waals surface area contributed by atoms with Gasteiger partial charge in [-0.05, 0) is 18.2 Å². The molecule has 1 aromatic carbocycles. The standard InChI is InChI=1S/C10H7BrF4O/c11-6-1-2-7(8(12)5-6)9(16)3-4-10(13,14)15/h1-2,5H,3-4H2. The summed E-state index contributed by atoms with van der Waals surface area (Å²) in [5.74, 6) is -1.66. The van der Waals surface area contributed by atoms with Crippen LogP contribution in [0.2, 0.25) is 0 Å². The van der Waals surface area contributed by atoms with Crippen molar-refractivity contribution in [3.63, 3.8) is 0 Å². The van der Waals surface area contributed by atoms with Crippen molar-refractivity contribution in [1.82, 2.24) is 0 Å². The molecule has 0 atom stereocenters. The molecule has 0 aliphatic heterocycles. The van der Waals surface area contributed by atoms with Crippen LogP contribution in [0.25, 0.3) is 0 Å². The Kier molecular flexibility index (Phi) is 4.07. The van der Waals surface area contributed by atoms with Crippen molar-refractivity contribution in [2.45, 2.75) is 19.0 Å². The van der Waals surface area contributed by atoms with Crippen LogP contribution in [0.3, 0.4) is 0 Å². The minimum absolute atomic E-state index is 0.313. The Labute approximate surface area is 97.6 Å². The number of halogens is 5. The first-order chi connectivity index (χ1) is 7.29. The fraction of sp³-hybridized carbons (Fsp3) is 0.300. The number of hydrogen-bond donors (Lipinski definition) is 0. The molecule has 0 fully saturated rings. The highest BCUT2D eigenvalue weighted by Crippen LogP contribution is 2.24. The number of carbonyl (C=O) groups is 1. The SMILES string of the molecule is O=C(CCC(F)(F)F)c1ccc(Br)cc1F. The maximum absolute atomic E-state index is 13.2. The first kappa shape index (κ1) is 13.2. The van der Waals surface area contributed by atoms with Crippen molar-refractivity contribution in [1.29, 1.82) is 0 Å². The van der Waals surface area contributed by atoms with Gasteiger partial charge in [0.25, 0.3) is 0 Å².